The lowest BCUT2D eigenvalue weighted by molar-refractivity contribution is 0.0179. The molecule has 8 heteroatoms. The van der Waals surface area contributed by atoms with Gasteiger partial charge in [0.15, 0.2) is 5.75 Å². The zero-order valence-electron chi connectivity index (χ0n) is 12.9. The predicted octanol–water partition coefficient (Wildman–Crippen LogP) is -0.898. The molecule has 0 saturated carbocycles. The second-order valence-electron chi connectivity index (χ2n) is 4.35. The topological polar surface area (TPSA) is 109 Å². The zero-order chi connectivity index (χ0) is 16.2. The lowest BCUT2D eigenvalue weighted by Crippen LogP contribution is -2.36. The summed E-state index contributed by atoms with van der Waals surface area (Å²) in [5, 5.41) is 2.85. The molecule has 22 heavy (non-hydrogen) atoms. The lowest BCUT2D eigenvalue weighted by atomic mass is 10.2. The van der Waals surface area contributed by atoms with E-state index in [0.717, 1.165) is 0 Å². The van der Waals surface area contributed by atoms with Crippen LogP contribution in [0.3, 0.4) is 0 Å². The van der Waals surface area contributed by atoms with Crippen molar-refractivity contribution in [3.63, 3.8) is 0 Å². The van der Waals surface area contributed by atoms with Crippen LogP contribution in [0.2, 0.25) is 0 Å². The molecule has 0 bridgehead atoms. The Balaban J connectivity index is 1.99. The van der Waals surface area contributed by atoms with E-state index in [1.54, 1.807) is 6.92 Å². The van der Waals surface area contributed by atoms with Crippen LogP contribution in [0.4, 0.5) is 5.69 Å². The van der Waals surface area contributed by atoms with Crippen molar-refractivity contribution in [1.29, 1.82) is 0 Å². The number of anilines is 1. The van der Waals surface area contributed by atoms with Gasteiger partial charge in [0.2, 0.25) is 0 Å². The van der Waals surface area contributed by atoms with E-state index in [2.05, 4.69) is 5.32 Å². The molecule has 0 spiro atoms. The molecule has 0 saturated heterocycles. The summed E-state index contributed by atoms with van der Waals surface area (Å²) < 4.78 is 20.8. The summed E-state index contributed by atoms with van der Waals surface area (Å²) in [6.45, 7) is 5.90. The van der Waals surface area contributed by atoms with Crippen LogP contribution in [-0.4, -0.2) is 59.3 Å². The Kier molecular flexibility index (Phi) is 9.40. The van der Waals surface area contributed by atoms with Gasteiger partial charge in [-0.25, -0.2) is 0 Å². The first-order valence-electron chi connectivity index (χ1n) is 7.35. The molecule has 1 aromatic rings. The fourth-order valence-corrected chi connectivity index (χ4v) is 1.69. The van der Waals surface area contributed by atoms with E-state index in [-0.39, 0.29) is 11.4 Å². The summed E-state index contributed by atoms with van der Waals surface area (Å²) in [6.07, 6.45) is 0. The van der Waals surface area contributed by atoms with Crippen LogP contribution in [0.5, 0.6) is 5.75 Å². The fourth-order valence-electron chi connectivity index (χ4n) is 1.69. The first-order chi connectivity index (χ1) is 10.7. The molecule has 0 aromatic heterocycles. The van der Waals surface area contributed by atoms with Gasteiger partial charge in [-0.2, -0.15) is 0 Å². The Bertz CT molecular complexity index is 484. The van der Waals surface area contributed by atoms with E-state index < -0.39 is 10.9 Å². The van der Waals surface area contributed by atoms with Crippen LogP contribution in [0.1, 0.15) is 6.92 Å². The maximum atomic E-state index is 11.3. The van der Waals surface area contributed by atoms with Crippen molar-refractivity contribution in [2.75, 3.05) is 64.7 Å². The molecule has 0 aliphatic carbocycles. The normalized spacial score (nSPS) is 11.0. The van der Waals surface area contributed by atoms with Crippen molar-refractivity contribution in [2.45, 2.75) is 6.92 Å². The first kappa shape index (κ1) is 18.6. The molecule has 0 radical (unpaired) electrons. The quantitative estimate of drug-likeness (QED) is 0.336. The Labute approximate surface area is 129 Å². The van der Waals surface area contributed by atoms with Gasteiger partial charge in [-0.1, -0.05) is 0 Å². The van der Waals surface area contributed by atoms with E-state index >= 15 is 0 Å². The predicted molar refractivity (Wildman–Crippen MR) is 82.5 cm³/mol. The molecular formula is C14H24N2O6. The van der Waals surface area contributed by atoms with E-state index in [9.17, 15) is 9.59 Å². The van der Waals surface area contributed by atoms with Crippen molar-refractivity contribution in [1.82, 2.24) is 0 Å². The Morgan fingerprint density at radius 2 is 1.50 bits per heavy atom. The zero-order valence-corrected chi connectivity index (χ0v) is 12.9. The molecule has 0 heterocycles. The summed E-state index contributed by atoms with van der Waals surface area (Å²) in [4.78, 5) is 22.6. The monoisotopic (exact) mass is 316 g/mol. The number of hydrogen-bond donors (Lipinski definition) is 2. The summed E-state index contributed by atoms with van der Waals surface area (Å²) >= 11 is 0. The molecule has 126 valence electrons. The average Bonchev–Trinajstić information content (AvgIpc) is 2.54. The number of ether oxygens (including phenoxy) is 4. The standard InChI is InChI=1S/C14H24N2O6/c1-2-22-14-11(12(17)13(14)18)16-4-6-20-8-10-21-9-7-19-5-3-15/h16H,2-10,15H2,1H3. The number of nitrogens with one attached hydrogen (secondary N) is 1. The molecule has 0 unspecified atom stereocenters. The van der Waals surface area contributed by atoms with Crippen molar-refractivity contribution in [3.05, 3.63) is 20.4 Å². The Morgan fingerprint density at radius 1 is 0.909 bits per heavy atom. The van der Waals surface area contributed by atoms with Gasteiger partial charge in [0.1, 0.15) is 5.69 Å². The van der Waals surface area contributed by atoms with Crippen LogP contribution in [-0.2, 0) is 14.2 Å². The van der Waals surface area contributed by atoms with Gasteiger partial charge in [-0.05, 0) is 6.92 Å². The van der Waals surface area contributed by atoms with Gasteiger partial charge in [-0.3, -0.25) is 9.59 Å². The van der Waals surface area contributed by atoms with Crippen molar-refractivity contribution < 1.29 is 18.9 Å². The molecule has 0 atom stereocenters. The highest BCUT2D eigenvalue weighted by molar-refractivity contribution is 5.61. The molecule has 0 fully saturated rings. The third-order valence-corrected chi connectivity index (χ3v) is 2.71. The van der Waals surface area contributed by atoms with E-state index in [1.807, 2.05) is 0 Å². The summed E-state index contributed by atoms with van der Waals surface area (Å²) in [7, 11) is 0. The SMILES string of the molecule is CCOc1c(NCCOCCOCCOCCN)c(=O)c1=O. The highest BCUT2D eigenvalue weighted by atomic mass is 16.5. The fraction of sp³-hybridized carbons (Fsp3) is 0.714. The molecule has 3 N–H and O–H groups in total. The second-order valence-corrected chi connectivity index (χ2v) is 4.35. The molecule has 1 aromatic carbocycles. The van der Waals surface area contributed by atoms with Gasteiger partial charge in [0.05, 0.1) is 46.2 Å². The van der Waals surface area contributed by atoms with Crippen LogP contribution < -0.4 is 26.6 Å². The van der Waals surface area contributed by atoms with Crippen molar-refractivity contribution in [2.24, 2.45) is 5.73 Å². The number of nitrogens with two attached hydrogens (primary N) is 1. The van der Waals surface area contributed by atoms with Gasteiger partial charge >= 0.3 is 0 Å². The molecular weight excluding hydrogens is 292 g/mol. The molecule has 1 rings (SSSR count). The van der Waals surface area contributed by atoms with Crippen LogP contribution in [0.25, 0.3) is 0 Å². The van der Waals surface area contributed by atoms with E-state index in [4.69, 9.17) is 24.7 Å². The molecule has 0 amide bonds. The summed E-state index contributed by atoms with van der Waals surface area (Å²) in [5.74, 6) is 0.119. The average molecular weight is 316 g/mol. The Morgan fingerprint density at radius 3 is 2.09 bits per heavy atom. The minimum absolute atomic E-state index is 0.119. The minimum Gasteiger partial charge on any atom is -0.488 e. The van der Waals surface area contributed by atoms with Crippen LogP contribution >= 0.6 is 0 Å². The smallest absolute Gasteiger partial charge is 0.272 e. The molecule has 0 aliphatic rings. The second kappa shape index (κ2) is 11.1. The third-order valence-electron chi connectivity index (χ3n) is 2.71. The lowest BCUT2D eigenvalue weighted by Gasteiger charge is -2.13. The van der Waals surface area contributed by atoms with Crippen LogP contribution in [0.15, 0.2) is 9.59 Å². The first-order valence-corrected chi connectivity index (χ1v) is 7.35. The molecule has 8 nitrogen and oxygen atoms in total. The highest BCUT2D eigenvalue weighted by Crippen LogP contribution is 2.16. The maximum Gasteiger partial charge on any atom is 0.272 e. The third kappa shape index (κ3) is 6.10. The summed E-state index contributed by atoms with van der Waals surface area (Å²) in [6, 6.07) is 0. The molecule has 0 aliphatic heterocycles. The number of hydrogen-bond acceptors (Lipinski definition) is 8. The van der Waals surface area contributed by atoms with Gasteiger partial charge < -0.3 is 30.0 Å². The largest absolute Gasteiger partial charge is 0.488 e. The van der Waals surface area contributed by atoms with Crippen LogP contribution in [0, 0.1) is 0 Å². The van der Waals surface area contributed by atoms with Gasteiger partial charge in [-0.15, -0.1) is 0 Å². The van der Waals surface area contributed by atoms with Gasteiger partial charge in [0, 0.05) is 13.1 Å². The number of rotatable bonds is 14. The highest BCUT2D eigenvalue weighted by Gasteiger charge is 2.21. The Hall–Kier alpha value is -1.48. The van der Waals surface area contributed by atoms with Crippen molar-refractivity contribution >= 4 is 5.69 Å². The van der Waals surface area contributed by atoms with E-state index in [0.29, 0.717) is 59.3 Å². The van der Waals surface area contributed by atoms with Crippen molar-refractivity contribution in [3.8, 4) is 5.75 Å². The summed E-state index contributed by atoms with van der Waals surface area (Å²) in [5.41, 5.74) is 4.40. The maximum absolute atomic E-state index is 11.3. The van der Waals surface area contributed by atoms with E-state index in [1.165, 1.54) is 0 Å². The minimum atomic E-state index is -0.574. The van der Waals surface area contributed by atoms with Gasteiger partial charge in [0.25, 0.3) is 10.9 Å².